The first-order valence-corrected chi connectivity index (χ1v) is 13.3. The number of carboxylic acid groups (broad SMARTS) is 1. The van der Waals surface area contributed by atoms with Crippen molar-refractivity contribution in [3.05, 3.63) is 71.1 Å². The predicted molar refractivity (Wildman–Crippen MR) is 140 cm³/mol. The second-order valence-corrected chi connectivity index (χ2v) is 10.1. The molecule has 6 rings (SSSR count). The summed E-state index contributed by atoms with van der Waals surface area (Å²) in [6.45, 7) is 3.67. The van der Waals surface area contributed by atoms with Crippen molar-refractivity contribution in [1.29, 1.82) is 5.26 Å². The first-order chi connectivity index (χ1) is 19.5. The molecule has 4 aromatic rings. The lowest BCUT2D eigenvalue weighted by Gasteiger charge is -2.32. The Balaban J connectivity index is 1.08. The topological polar surface area (TPSA) is 131 Å². The van der Waals surface area contributed by atoms with Gasteiger partial charge in [-0.1, -0.05) is 6.07 Å². The van der Waals surface area contributed by atoms with Crippen molar-refractivity contribution in [2.45, 2.75) is 51.1 Å². The zero-order valence-electron chi connectivity index (χ0n) is 21.7. The first kappa shape index (κ1) is 25.9. The Kier molecular flexibility index (Phi) is 7.15. The van der Waals surface area contributed by atoms with Gasteiger partial charge in [-0.2, -0.15) is 5.26 Å². The number of hydrogen-bond acceptors (Lipinski definition) is 8. The molecule has 3 aromatic heterocycles. The van der Waals surface area contributed by atoms with Gasteiger partial charge in [-0.05, 0) is 43.5 Å². The minimum Gasteiger partial charge on any atom is -0.477 e. The Labute approximate surface area is 229 Å². The molecule has 1 aromatic carbocycles. The number of aromatic nitrogens is 5. The fraction of sp³-hybridized carbons (Fsp3) is 0.393. The molecular formula is C28H28FN7O4. The summed E-state index contributed by atoms with van der Waals surface area (Å²) in [4.78, 5) is 23.0. The quantitative estimate of drug-likeness (QED) is 0.335. The van der Waals surface area contributed by atoms with Gasteiger partial charge in [0.25, 0.3) is 0 Å². The predicted octanol–water partition coefficient (Wildman–Crippen LogP) is 3.54. The summed E-state index contributed by atoms with van der Waals surface area (Å²) in [5.74, 6) is -0.264. The van der Waals surface area contributed by atoms with Crippen LogP contribution in [0.4, 0.5) is 4.39 Å². The van der Waals surface area contributed by atoms with Crippen molar-refractivity contribution >= 4 is 17.1 Å². The molecule has 2 saturated heterocycles. The second kappa shape index (κ2) is 11.0. The molecule has 2 fully saturated rings. The van der Waals surface area contributed by atoms with Gasteiger partial charge < -0.3 is 19.1 Å². The van der Waals surface area contributed by atoms with Crippen molar-refractivity contribution < 1.29 is 23.8 Å². The molecule has 206 valence electrons. The molecule has 2 aliphatic rings. The van der Waals surface area contributed by atoms with Crippen molar-refractivity contribution in [3.63, 3.8) is 0 Å². The summed E-state index contributed by atoms with van der Waals surface area (Å²) in [5, 5.41) is 22.9. The highest BCUT2D eigenvalue weighted by Crippen LogP contribution is 2.26. The molecule has 0 bridgehead atoms. The third kappa shape index (κ3) is 5.38. The molecule has 2 aliphatic heterocycles. The van der Waals surface area contributed by atoms with Gasteiger partial charge in [-0.15, -0.1) is 5.10 Å². The number of fused-ring (bicyclic) bond motifs is 1. The Morgan fingerprint density at radius 2 is 2.00 bits per heavy atom. The number of carbonyl (C=O) groups is 1. The molecule has 40 heavy (non-hydrogen) atoms. The van der Waals surface area contributed by atoms with Gasteiger partial charge in [-0.25, -0.2) is 19.2 Å². The number of nitrogens with zero attached hydrogens (tertiary/aromatic N) is 7. The minimum absolute atomic E-state index is 0.000140. The van der Waals surface area contributed by atoms with Crippen LogP contribution in [0, 0.1) is 17.1 Å². The van der Waals surface area contributed by atoms with Gasteiger partial charge >= 0.3 is 5.97 Å². The fourth-order valence-corrected chi connectivity index (χ4v) is 5.14. The van der Waals surface area contributed by atoms with Crippen molar-refractivity contribution in [2.24, 2.45) is 0 Å². The first-order valence-electron chi connectivity index (χ1n) is 13.3. The van der Waals surface area contributed by atoms with Crippen LogP contribution in [0.25, 0.3) is 11.2 Å². The number of nitriles is 1. The van der Waals surface area contributed by atoms with Gasteiger partial charge in [0.05, 0.1) is 36.9 Å². The summed E-state index contributed by atoms with van der Waals surface area (Å²) in [6, 6.07) is 11.4. The number of likely N-dealkylation sites (tertiary alicyclic amines) is 1. The van der Waals surface area contributed by atoms with Crippen LogP contribution in [0.1, 0.15) is 52.7 Å². The third-order valence-corrected chi connectivity index (χ3v) is 7.51. The van der Waals surface area contributed by atoms with Crippen LogP contribution in [0.5, 0.6) is 5.88 Å². The summed E-state index contributed by atoms with van der Waals surface area (Å²) < 4.78 is 29.4. The number of aromatic carboxylic acids is 1. The van der Waals surface area contributed by atoms with E-state index in [1.807, 2.05) is 21.5 Å². The van der Waals surface area contributed by atoms with E-state index in [0.717, 1.165) is 44.8 Å². The van der Waals surface area contributed by atoms with E-state index in [-0.39, 0.29) is 30.0 Å². The normalized spacial score (nSPS) is 17.9. The Bertz CT molecular complexity index is 1580. The number of carboxylic acids is 1. The van der Waals surface area contributed by atoms with Crippen LogP contribution < -0.4 is 4.74 Å². The Morgan fingerprint density at radius 1 is 1.18 bits per heavy atom. The highest BCUT2D eigenvalue weighted by molar-refractivity contribution is 5.88. The average Bonchev–Trinajstić information content (AvgIpc) is 3.54. The maximum Gasteiger partial charge on any atom is 0.354 e. The molecule has 12 heteroatoms. The summed E-state index contributed by atoms with van der Waals surface area (Å²) >= 11 is 0. The van der Waals surface area contributed by atoms with Crippen LogP contribution in [-0.4, -0.2) is 66.1 Å². The highest BCUT2D eigenvalue weighted by Gasteiger charge is 2.26. The number of piperidine rings is 1. The SMILES string of the molecule is N#Cc1ccc(COc2ccn(C3CCN(Cc4nc5ccc(C(=O)O)nc5n4C[C@@H]4CCO4)CC3)n2)c(F)c1. The lowest BCUT2D eigenvalue weighted by Crippen LogP contribution is -2.36. The number of pyridine rings is 1. The van der Waals surface area contributed by atoms with E-state index < -0.39 is 11.8 Å². The number of imidazole rings is 1. The number of hydrogen-bond donors (Lipinski definition) is 1. The molecule has 0 saturated carbocycles. The molecule has 0 spiro atoms. The maximum absolute atomic E-state index is 14.1. The van der Waals surface area contributed by atoms with Crippen molar-refractivity contribution in [1.82, 2.24) is 29.2 Å². The molecule has 11 nitrogen and oxygen atoms in total. The van der Waals surface area contributed by atoms with Gasteiger partial charge in [0.1, 0.15) is 23.8 Å². The lowest BCUT2D eigenvalue weighted by molar-refractivity contribution is -0.0593. The van der Waals surface area contributed by atoms with E-state index in [0.29, 0.717) is 35.7 Å². The van der Waals surface area contributed by atoms with Gasteiger partial charge in [0, 0.05) is 37.5 Å². The van der Waals surface area contributed by atoms with Crippen LogP contribution in [0.3, 0.4) is 0 Å². The molecule has 0 unspecified atom stereocenters. The summed E-state index contributed by atoms with van der Waals surface area (Å²) in [7, 11) is 0. The zero-order chi connectivity index (χ0) is 27.6. The largest absolute Gasteiger partial charge is 0.477 e. The number of benzene rings is 1. The Hall–Kier alpha value is -4.34. The standard InChI is InChI=1S/C28H28FN7O4/c29-22-13-18(14-30)1-2-19(22)17-40-26-7-11-36(33-26)20-5-9-34(10-6-20)16-25-31-23-3-4-24(28(37)38)32-27(23)35(25)15-21-8-12-39-21/h1-4,7,11,13,20-21H,5-6,8-10,12,15-17H2,(H,37,38)/t21-/m0/s1. The van der Waals surface area contributed by atoms with Crippen LogP contribution in [0.2, 0.25) is 0 Å². The van der Waals surface area contributed by atoms with Gasteiger partial charge in [-0.3, -0.25) is 9.58 Å². The second-order valence-electron chi connectivity index (χ2n) is 10.1. The summed E-state index contributed by atoms with van der Waals surface area (Å²) in [6.07, 6.45) is 4.70. The minimum atomic E-state index is -1.06. The molecule has 0 amide bonds. The van der Waals surface area contributed by atoms with Gasteiger partial charge in [0.2, 0.25) is 5.88 Å². The molecule has 0 radical (unpaired) electrons. The molecule has 1 N–H and O–H groups in total. The van der Waals surface area contributed by atoms with Crippen LogP contribution >= 0.6 is 0 Å². The molecular weight excluding hydrogens is 517 g/mol. The van der Waals surface area contributed by atoms with Crippen molar-refractivity contribution in [3.8, 4) is 11.9 Å². The summed E-state index contributed by atoms with van der Waals surface area (Å²) in [5.41, 5.74) is 1.89. The van der Waals surface area contributed by atoms with E-state index in [4.69, 9.17) is 19.7 Å². The third-order valence-electron chi connectivity index (χ3n) is 7.51. The molecule has 0 aliphatic carbocycles. The Morgan fingerprint density at radius 3 is 2.70 bits per heavy atom. The highest BCUT2D eigenvalue weighted by atomic mass is 19.1. The van der Waals surface area contributed by atoms with E-state index in [1.54, 1.807) is 24.3 Å². The number of rotatable bonds is 9. The lowest BCUT2D eigenvalue weighted by atomic mass is 10.1. The fourth-order valence-electron chi connectivity index (χ4n) is 5.14. The monoisotopic (exact) mass is 545 g/mol. The van der Waals surface area contributed by atoms with Crippen molar-refractivity contribution in [2.75, 3.05) is 19.7 Å². The zero-order valence-corrected chi connectivity index (χ0v) is 21.7. The van der Waals surface area contributed by atoms with E-state index >= 15 is 0 Å². The van der Waals surface area contributed by atoms with E-state index in [2.05, 4.69) is 15.0 Å². The smallest absolute Gasteiger partial charge is 0.354 e. The van der Waals surface area contributed by atoms with Crippen LogP contribution in [-0.2, 0) is 24.4 Å². The molecule has 5 heterocycles. The van der Waals surface area contributed by atoms with E-state index in [9.17, 15) is 14.3 Å². The number of ether oxygens (including phenoxy) is 2. The maximum atomic E-state index is 14.1. The molecule has 1 atom stereocenters. The average molecular weight is 546 g/mol. The van der Waals surface area contributed by atoms with Crippen LogP contribution in [0.15, 0.2) is 42.6 Å². The van der Waals surface area contributed by atoms with E-state index in [1.165, 1.54) is 12.1 Å². The van der Waals surface area contributed by atoms with Gasteiger partial charge in [0.15, 0.2) is 11.3 Å². The number of halogens is 1.